The molecule has 8 heteroatoms. The zero-order valence-corrected chi connectivity index (χ0v) is 15.0. The molecule has 1 heterocycles. The molecule has 0 radical (unpaired) electrons. The molecule has 1 aliphatic heterocycles. The fraction of sp³-hybridized carbons (Fsp3) is 0.588. The lowest BCUT2D eigenvalue weighted by Gasteiger charge is -2.32. The third-order valence-corrected chi connectivity index (χ3v) is 4.29. The molecule has 0 unspecified atom stereocenters. The lowest BCUT2D eigenvalue weighted by atomic mass is 9.93. The van der Waals surface area contributed by atoms with Gasteiger partial charge in [0, 0.05) is 13.1 Å². The lowest BCUT2D eigenvalue weighted by Crippen LogP contribution is -2.41. The molecule has 0 aliphatic carbocycles. The van der Waals surface area contributed by atoms with Crippen LogP contribution in [0.3, 0.4) is 0 Å². The van der Waals surface area contributed by atoms with Crippen molar-refractivity contribution in [3.8, 4) is 5.75 Å². The highest BCUT2D eigenvalue weighted by Gasteiger charge is 2.30. The second-order valence-electron chi connectivity index (χ2n) is 6.03. The van der Waals surface area contributed by atoms with Crippen LogP contribution < -0.4 is 10.1 Å². The second-order valence-corrected chi connectivity index (χ2v) is 6.03. The minimum atomic E-state index is -4.42. The van der Waals surface area contributed by atoms with Crippen molar-refractivity contribution in [2.75, 3.05) is 33.3 Å². The van der Waals surface area contributed by atoms with Gasteiger partial charge < -0.3 is 15.0 Å². The van der Waals surface area contributed by atoms with Crippen LogP contribution >= 0.6 is 12.4 Å². The molecule has 142 valence electrons. The molecule has 1 amide bonds. The number of benzene rings is 1. The van der Waals surface area contributed by atoms with E-state index in [1.807, 2.05) is 7.05 Å². The second kappa shape index (κ2) is 9.87. The van der Waals surface area contributed by atoms with Gasteiger partial charge in [0.2, 0.25) is 0 Å². The molecule has 0 atom stereocenters. The first kappa shape index (κ1) is 21.6. The Balaban J connectivity index is 0.00000312. The summed E-state index contributed by atoms with van der Waals surface area (Å²) in [6.45, 7) is 2.10. The van der Waals surface area contributed by atoms with Crippen LogP contribution in [-0.2, 0) is 11.0 Å². The number of rotatable bonds is 6. The molecule has 1 aromatic rings. The standard InChI is InChI=1S/C17H23F3N2O2.ClH/c1-21-8-5-13-6-9-22(10-7-13)16(23)12-24-15-4-2-3-14(11-15)17(18,19)20;/h2-4,11,13,21H,5-10,12H2,1H3;1H. The number of piperidine rings is 1. The summed E-state index contributed by atoms with van der Waals surface area (Å²) in [5, 5.41) is 3.12. The normalized spacial score (nSPS) is 15.6. The molecular weight excluding hydrogens is 357 g/mol. The average molecular weight is 381 g/mol. The van der Waals surface area contributed by atoms with Crippen molar-refractivity contribution in [2.24, 2.45) is 5.92 Å². The number of amides is 1. The Labute approximate surface area is 152 Å². The Morgan fingerprint density at radius 3 is 2.60 bits per heavy atom. The predicted molar refractivity (Wildman–Crippen MR) is 92.0 cm³/mol. The quantitative estimate of drug-likeness (QED) is 0.822. The van der Waals surface area contributed by atoms with E-state index in [0.29, 0.717) is 19.0 Å². The van der Waals surface area contributed by atoms with E-state index >= 15 is 0 Å². The first-order valence-corrected chi connectivity index (χ1v) is 8.12. The van der Waals surface area contributed by atoms with Gasteiger partial charge in [-0.05, 0) is 57.0 Å². The van der Waals surface area contributed by atoms with Crippen LogP contribution in [0.15, 0.2) is 24.3 Å². The zero-order valence-electron chi connectivity index (χ0n) is 14.1. The largest absolute Gasteiger partial charge is 0.484 e. The lowest BCUT2D eigenvalue weighted by molar-refractivity contribution is -0.137. The number of likely N-dealkylation sites (tertiary alicyclic amines) is 1. The Hall–Kier alpha value is -1.47. The van der Waals surface area contributed by atoms with Gasteiger partial charge in [0.15, 0.2) is 6.61 Å². The van der Waals surface area contributed by atoms with Crippen molar-refractivity contribution in [3.63, 3.8) is 0 Å². The minimum absolute atomic E-state index is 0. The molecular formula is C17H24ClF3N2O2. The van der Waals surface area contributed by atoms with Gasteiger partial charge in [0.1, 0.15) is 5.75 Å². The summed E-state index contributed by atoms with van der Waals surface area (Å²) in [7, 11) is 1.92. The third kappa shape index (κ3) is 6.74. The van der Waals surface area contributed by atoms with Crippen LogP contribution in [0.1, 0.15) is 24.8 Å². The third-order valence-electron chi connectivity index (χ3n) is 4.29. The van der Waals surface area contributed by atoms with E-state index < -0.39 is 11.7 Å². The van der Waals surface area contributed by atoms with Crippen molar-refractivity contribution >= 4 is 18.3 Å². The first-order chi connectivity index (χ1) is 11.4. The summed E-state index contributed by atoms with van der Waals surface area (Å²) >= 11 is 0. The summed E-state index contributed by atoms with van der Waals surface area (Å²) in [6, 6.07) is 4.59. The Kier molecular flexibility index (Phi) is 8.52. The number of ether oxygens (including phenoxy) is 1. The summed E-state index contributed by atoms with van der Waals surface area (Å²) < 4.78 is 43.2. The maximum absolute atomic E-state index is 12.6. The molecule has 25 heavy (non-hydrogen) atoms. The number of nitrogens with zero attached hydrogens (tertiary/aromatic N) is 1. The Bertz CT molecular complexity index is 547. The Morgan fingerprint density at radius 1 is 1.32 bits per heavy atom. The SMILES string of the molecule is CNCCC1CCN(C(=O)COc2cccc(C(F)(F)F)c2)CC1.Cl. The topological polar surface area (TPSA) is 41.6 Å². The van der Waals surface area contributed by atoms with Crippen LogP contribution in [0.4, 0.5) is 13.2 Å². The summed E-state index contributed by atoms with van der Waals surface area (Å²) in [6.07, 6.45) is -1.41. The van der Waals surface area contributed by atoms with Crippen LogP contribution in [-0.4, -0.2) is 44.1 Å². The van der Waals surface area contributed by atoms with Crippen molar-refractivity contribution < 1.29 is 22.7 Å². The Morgan fingerprint density at radius 2 is 2.00 bits per heavy atom. The van der Waals surface area contributed by atoms with Gasteiger partial charge in [0.25, 0.3) is 5.91 Å². The number of halogens is 4. The van der Waals surface area contributed by atoms with E-state index in [9.17, 15) is 18.0 Å². The highest BCUT2D eigenvalue weighted by atomic mass is 35.5. The van der Waals surface area contributed by atoms with Gasteiger partial charge >= 0.3 is 6.18 Å². The van der Waals surface area contributed by atoms with Crippen LogP contribution in [0.2, 0.25) is 0 Å². The van der Waals surface area contributed by atoms with Crippen molar-refractivity contribution in [1.82, 2.24) is 10.2 Å². The smallest absolute Gasteiger partial charge is 0.416 e. The number of hydrogen-bond donors (Lipinski definition) is 1. The minimum Gasteiger partial charge on any atom is -0.484 e. The fourth-order valence-electron chi connectivity index (χ4n) is 2.82. The molecule has 0 bridgehead atoms. The zero-order chi connectivity index (χ0) is 17.6. The van der Waals surface area contributed by atoms with E-state index in [2.05, 4.69) is 5.32 Å². The maximum Gasteiger partial charge on any atom is 0.416 e. The van der Waals surface area contributed by atoms with Gasteiger partial charge in [-0.1, -0.05) is 6.07 Å². The van der Waals surface area contributed by atoms with E-state index in [4.69, 9.17) is 4.74 Å². The van der Waals surface area contributed by atoms with Gasteiger partial charge in [0.05, 0.1) is 5.56 Å². The molecule has 1 fully saturated rings. The van der Waals surface area contributed by atoms with Crippen molar-refractivity contribution in [3.05, 3.63) is 29.8 Å². The molecule has 0 spiro atoms. The number of carbonyl (C=O) groups is 1. The number of carbonyl (C=O) groups excluding carboxylic acids is 1. The molecule has 0 aromatic heterocycles. The molecule has 1 N–H and O–H groups in total. The summed E-state index contributed by atoms with van der Waals surface area (Å²) in [4.78, 5) is 13.9. The van der Waals surface area contributed by atoms with E-state index in [1.165, 1.54) is 12.1 Å². The van der Waals surface area contributed by atoms with Crippen LogP contribution in [0, 0.1) is 5.92 Å². The highest BCUT2D eigenvalue weighted by Crippen LogP contribution is 2.31. The molecule has 1 saturated heterocycles. The van der Waals surface area contributed by atoms with Gasteiger partial charge in [-0.3, -0.25) is 4.79 Å². The van der Waals surface area contributed by atoms with Gasteiger partial charge in [-0.25, -0.2) is 0 Å². The number of alkyl halides is 3. The average Bonchev–Trinajstić information content (AvgIpc) is 2.58. The molecule has 2 rings (SSSR count). The van der Waals surface area contributed by atoms with E-state index in [0.717, 1.165) is 37.9 Å². The summed E-state index contributed by atoms with van der Waals surface area (Å²) in [5.41, 5.74) is -0.780. The number of nitrogens with one attached hydrogen (secondary N) is 1. The van der Waals surface area contributed by atoms with Gasteiger partial charge in [-0.15, -0.1) is 12.4 Å². The predicted octanol–water partition coefficient (Wildman–Crippen LogP) is 3.35. The monoisotopic (exact) mass is 380 g/mol. The summed E-state index contributed by atoms with van der Waals surface area (Å²) in [5.74, 6) is 0.493. The molecule has 1 aliphatic rings. The maximum atomic E-state index is 12.6. The van der Waals surface area contributed by atoms with Crippen LogP contribution in [0.25, 0.3) is 0 Å². The fourth-order valence-corrected chi connectivity index (χ4v) is 2.82. The van der Waals surface area contributed by atoms with Crippen molar-refractivity contribution in [2.45, 2.75) is 25.4 Å². The van der Waals surface area contributed by atoms with Gasteiger partial charge in [-0.2, -0.15) is 13.2 Å². The highest BCUT2D eigenvalue weighted by molar-refractivity contribution is 5.85. The molecule has 0 saturated carbocycles. The number of hydrogen-bond acceptors (Lipinski definition) is 3. The van der Waals surface area contributed by atoms with E-state index in [-0.39, 0.29) is 30.7 Å². The molecule has 1 aromatic carbocycles. The molecule has 4 nitrogen and oxygen atoms in total. The first-order valence-electron chi connectivity index (χ1n) is 8.12. The van der Waals surface area contributed by atoms with Crippen LogP contribution in [0.5, 0.6) is 5.75 Å². The van der Waals surface area contributed by atoms with E-state index in [1.54, 1.807) is 4.90 Å². The van der Waals surface area contributed by atoms with Crippen molar-refractivity contribution in [1.29, 1.82) is 0 Å².